The molecule has 2 aromatic carbocycles. The van der Waals surface area contributed by atoms with Gasteiger partial charge in [0.25, 0.3) is 0 Å². The third-order valence-electron chi connectivity index (χ3n) is 3.99. The summed E-state index contributed by atoms with van der Waals surface area (Å²) in [6.07, 6.45) is 0. The third-order valence-corrected chi connectivity index (χ3v) is 5.01. The molecule has 0 amide bonds. The summed E-state index contributed by atoms with van der Waals surface area (Å²) in [5.74, 6) is 2.45. The molecule has 1 heterocycles. The SMILES string of the molecule is CCOc1cccc(CNCCSc2nnnn2C)c1OCc1ccccc1.Cl. The summed E-state index contributed by atoms with van der Waals surface area (Å²) in [7, 11) is 1.84. The van der Waals surface area contributed by atoms with Gasteiger partial charge in [0.15, 0.2) is 11.5 Å². The highest BCUT2D eigenvalue weighted by atomic mass is 35.5. The topological polar surface area (TPSA) is 74.1 Å². The molecule has 3 rings (SSSR count). The van der Waals surface area contributed by atoms with Gasteiger partial charge in [-0.3, -0.25) is 0 Å². The Morgan fingerprint density at radius 2 is 1.90 bits per heavy atom. The van der Waals surface area contributed by atoms with Gasteiger partial charge in [-0.15, -0.1) is 17.5 Å². The first-order valence-corrected chi connectivity index (χ1v) is 10.2. The van der Waals surface area contributed by atoms with E-state index in [0.717, 1.165) is 40.1 Å². The van der Waals surface area contributed by atoms with Crippen LogP contribution in [0.2, 0.25) is 0 Å². The molecular formula is C20H26ClN5O2S. The predicted molar refractivity (Wildman–Crippen MR) is 117 cm³/mol. The molecule has 0 fully saturated rings. The molecule has 156 valence electrons. The molecule has 0 saturated carbocycles. The van der Waals surface area contributed by atoms with E-state index in [2.05, 4.69) is 39.0 Å². The van der Waals surface area contributed by atoms with Gasteiger partial charge >= 0.3 is 0 Å². The van der Waals surface area contributed by atoms with Gasteiger partial charge in [-0.1, -0.05) is 54.2 Å². The van der Waals surface area contributed by atoms with Gasteiger partial charge in [-0.2, -0.15) is 0 Å². The van der Waals surface area contributed by atoms with Crippen molar-refractivity contribution in [1.29, 1.82) is 0 Å². The lowest BCUT2D eigenvalue weighted by molar-refractivity contribution is 0.266. The average Bonchev–Trinajstić information content (AvgIpc) is 3.13. The van der Waals surface area contributed by atoms with Crippen molar-refractivity contribution in [1.82, 2.24) is 25.5 Å². The van der Waals surface area contributed by atoms with Gasteiger partial charge in [0.1, 0.15) is 6.61 Å². The Hall–Kier alpha value is -2.29. The average molecular weight is 436 g/mol. The van der Waals surface area contributed by atoms with Crippen molar-refractivity contribution < 1.29 is 9.47 Å². The Balaban J connectivity index is 0.00000300. The first kappa shape index (κ1) is 23.0. The molecule has 1 N–H and O–H groups in total. The van der Waals surface area contributed by atoms with E-state index in [-0.39, 0.29) is 12.4 Å². The van der Waals surface area contributed by atoms with E-state index in [1.54, 1.807) is 16.4 Å². The van der Waals surface area contributed by atoms with Crippen LogP contribution in [0, 0.1) is 0 Å². The summed E-state index contributed by atoms with van der Waals surface area (Å²) in [5, 5.41) is 15.7. The number of ether oxygens (including phenoxy) is 2. The smallest absolute Gasteiger partial charge is 0.209 e. The fourth-order valence-corrected chi connectivity index (χ4v) is 3.39. The second-order valence-electron chi connectivity index (χ2n) is 6.06. The molecule has 0 spiro atoms. The lowest BCUT2D eigenvalue weighted by Crippen LogP contribution is -2.17. The highest BCUT2D eigenvalue weighted by Crippen LogP contribution is 2.32. The van der Waals surface area contributed by atoms with E-state index >= 15 is 0 Å². The molecule has 0 aliphatic rings. The Bertz CT molecular complexity index is 863. The largest absolute Gasteiger partial charge is 0.490 e. The Labute approximate surface area is 181 Å². The van der Waals surface area contributed by atoms with Gasteiger partial charge in [0.2, 0.25) is 5.16 Å². The van der Waals surface area contributed by atoms with E-state index in [0.29, 0.717) is 19.8 Å². The number of para-hydroxylation sites is 1. The molecule has 0 aliphatic carbocycles. The summed E-state index contributed by atoms with van der Waals surface area (Å²) < 4.78 is 13.6. The maximum Gasteiger partial charge on any atom is 0.209 e. The lowest BCUT2D eigenvalue weighted by atomic mass is 10.1. The predicted octanol–water partition coefficient (Wildman–Crippen LogP) is 3.49. The normalized spacial score (nSPS) is 10.4. The zero-order valence-corrected chi connectivity index (χ0v) is 18.2. The van der Waals surface area contributed by atoms with Crippen LogP contribution >= 0.6 is 24.2 Å². The molecule has 0 saturated heterocycles. The molecule has 1 aromatic heterocycles. The van der Waals surface area contributed by atoms with Crippen molar-refractivity contribution in [3.05, 3.63) is 59.7 Å². The molecule has 29 heavy (non-hydrogen) atoms. The molecule has 0 bridgehead atoms. The summed E-state index contributed by atoms with van der Waals surface area (Å²) in [5.41, 5.74) is 2.20. The van der Waals surface area contributed by atoms with Crippen LogP contribution in [0.15, 0.2) is 53.7 Å². The Kier molecular flexibility index (Phi) is 9.76. The summed E-state index contributed by atoms with van der Waals surface area (Å²) in [6.45, 7) is 4.61. The second kappa shape index (κ2) is 12.3. The molecule has 0 aliphatic heterocycles. The maximum atomic E-state index is 6.14. The summed E-state index contributed by atoms with van der Waals surface area (Å²) in [6, 6.07) is 16.2. The standard InChI is InChI=1S/C20H25N5O2S.ClH/c1-3-26-18-11-7-10-17(19(18)27-15-16-8-5-4-6-9-16)14-21-12-13-28-20-22-23-24-25(20)2;/h4-11,21H,3,12-15H2,1-2H3;1H. The molecule has 3 aromatic rings. The number of hydrogen-bond donors (Lipinski definition) is 1. The van der Waals surface area contributed by atoms with Crippen molar-refractivity contribution in [3.8, 4) is 11.5 Å². The number of hydrogen-bond acceptors (Lipinski definition) is 7. The summed E-state index contributed by atoms with van der Waals surface area (Å²) in [4.78, 5) is 0. The van der Waals surface area contributed by atoms with Crippen molar-refractivity contribution in [2.24, 2.45) is 7.05 Å². The number of halogens is 1. The molecule has 9 heteroatoms. The van der Waals surface area contributed by atoms with Crippen LogP contribution in [0.25, 0.3) is 0 Å². The fraction of sp³-hybridized carbons (Fsp3) is 0.350. The summed E-state index contributed by atoms with van der Waals surface area (Å²) >= 11 is 1.62. The van der Waals surface area contributed by atoms with Crippen LogP contribution < -0.4 is 14.8 Å². The number of thioether (sulfide) groups is 1. The van der Waals surface area contributed by atoms with Gasteiger partial charge in [-0.25, -0.2) is 4.68 Å². The molecular weight excluding hydrogens is 410 g/mol. The van der Waals surface area contributed by atoms with Gasteiger partial charge in [0, 0.05) is 31.5 Å². The van der Waals surface area contributed by atoms with Crippen LogP contribution in [0.5, 0.6) is 11.5 Å². The molecule has 0 radical (unpaired) electrons. The van der Waals surface area contributed by atoms with Crippen LogP contribution in [0.1, 0.15) is 18.1 Å². The van der Waals surface area contributed by atoms with E-state index < -0.39 is 0 Å². The van der Waals surface area contributed by atoms with Crippen molar-refractivity contribution in [3.63, 3.8) is 0 Å². The van der Waals surface area contributed by atoms with Crippen LogP contribution in [0.4, 0.5) is 0 Å². The number of aromatic nitrogens is 4. The minimum Gasteiger partial charge on any atom is -0.490 e. The third kappa shape index (κ3) is 6.92. The minimum atomic E-state index is 0. The first-order chi connectivity index (χ1) is 13.8. The van der Waals surface area contributed by atoms with Crippen LogP contribution in [0.3, 0.4) is 0 Å². The Morgan fingerprint density at radius 1 is 1.07 bits per heavy atom. The number of tetrazole rings is 1. The van der Waals surface area contributed by atoms with Gasteiger partial charge in [-0.05, 0) is 29.0 Å². The van der Waals surface area contributed by atoms with Crippen molar-refractivity contribution in [2.75, 3.05) is 18.9 Å². The molecule has 0 unspecified atom stereocenters. The highest BCUT2D eigenvalue weighted by Gasteiger charge is 2.11. The zero-order chi connectivity index (χ0) is 19.6. The number of nitrogens with one attached hydrogen (secondary N) is 1. The van der Waals surface area contributed by atoms with Crippen molar-refractivity contribution in [2.45, 2.75) is 25.2 Å². The Morgan fingerprint density at radius 3 is 2.62 bits per heavy atom. The van der Waals surface area contributed by atoms with Crippen LogP contribution in [-0.4, -0.2) is 39.1 Å². The maximum absolute atomic E-state index is 6.14. The van der Waals surface area contributed by atoms with E-state index in [1.807, 2.05) is 44.3 Å². The number of nitrogens with zero attached hydrogens (tertiary/aromatic N) is 4. The molecule has 0 atom stereocenters. The quantitative estimate of drug-likeness (QED) is 0.365. The van der Waals surface area contributed by atoms with Gasteiger partial charge < -0.3 is 14.8 Å². The van der Waals surface area contributed by atoms with E-state index in [9.17, 15) is 0 Å². The second-order valence-corrected chi connectivity index (χ2v) is 7.12. The van der Waals surface area contributed by atoms with E-state index in [1.165, 1.54) is 0 Å². The lowest BCUT2D eigenvalue weighted by Gasteiger charge is -2.16. The van der Waals surface area contributed by atoms with Crippen molar-refractivity contribution >= 4 is 24.2 Å². The monoisotopic (exact) mass is 435 g/mol. The number of rotatable bonds is 11. The fourth-order valence-electron chi connectivity index (χ4n) is 2.64. The molecule has 7 nitrogen and oxygen atoms in total. The highest BCUT2D eigenvalue weighted by molar-refractivity contribution is 7.99. The first-order valence-electron chi connectivity index (χ1n) is 9.25. The number of benzene rings is 2. The minimum absolute atomic E-state index is 0. The van der Waals surface area contributed by atoms with Gasteiger partial charge in [0.05, 0.1) is 6.61 Å². The van der Waals surface area contributed by atoms with E-state index in [4.69, 9.17) is 9.47 Å². The number of aryl methyl sites for hydroxylation is 1. The van der Waals surface area contributed by atoms with Crippen LogP contribution in [-0.2, 0) is 20.2 Å². The zero-order valence-electron chi connectivity index (χ0n) is 16.6.